The van der Waals surface area contributed by atoms with Gasteiger partial charge in [-0.2, -0.15) is 5.10 Å². The molecule has 2 aromatic heterocycles. The molecule has 2 aromatic rings. The van der Waals surface area contributed by atoms with E-state index in [1.54, 1.807) is 10.7 Å². The topological polar surface area (TPSA) is 92.0 Å². The number of amidine groups is 1. The van der Waals surface area contributed by atoms with Gasteiger partial charge in [0.2, 0.25) is 0 Å². The summed E-state index contributed by atoms with van der Waals surface area (Å²) in [5.74, 6) is 1.03. The highest BCUT2D eigenvalue weighted by molar-refractivity contribution is 5.80. The molecule has 1 atom stereocenters. The number of fused-ring (bicyclic) bond motifs is 1. The van der Waals surface area contributed by atoms with Crippen molar-refractivity contribution in [3.05, 3.63) is 24.5 Å². The zero-order valence-electron chi connectivity index (χ0n) is 10.4. The molecule has 7 nitrogen and oxygen atoms in total. The van der Waals surface area contributed by atoms with Gasteiger partial charge in [-0.15, -0.1) is 0 Å². The van der Waals surface area contributed by atoms with E-state index in [4.69, 9.17) is 10.9 Å². The fourth-order valence-corrected chi connectivity index (χ4v) is 1.71. The second-order valence-corrected chi connectivity index (χ2v) is 4.18. The fourth-order valence-electron chi connectivity index (χ4n) is 1.71. The largest absolute Gasteiger partial charge is 0.409 e. The summed E-state index contributed by atoms with van der Waals surface area (Å²) in [6.07, 6.45) is 4.02. The Kier molecular flexibility index (Phi) is 3.31. The lowest BCUT2D eigenvalue weighted by Gasteiger charge is -2.25. The van der Waals surface area contributed by atoms with Gasteiger partial charge in [-0.05, 0) is 13.0 Å². The molecule has 0 aliphatic rings. The van der Waals surface area contributed by atoms with Crippen LogP contribution < -0.4 is 10.6 Å². The summed E-state index contributed by atoms with van der Waals surface area (Å²) in [6, 6.07) is 3.80. The summed E-state index contributed by atoms with van der Waals surface area (Å²) in [5.41, 5.74) is 6.29. The smallest absolute Gasteiger partial charge is 0.157 e. The molecule has 0 spiro atoms. The molecule has 0 radical (unpaired) electrons. The number of anilines is 1. The number of hydrogen-bond donors (Lipinski definition) is 2. The maximum absolute atomic E-state index is 8.57. The van der Waals surface area contributed by atoms with Crippen LogP contribution in [0.4, 0.5) is 5.82 Å². The van der Waals surface area contributed by atoms with Gasteiger partial charge >= 0.3 is 0 Å². The van der Waals surface area contributed by atoms with Crippen LogP contribution in [0.15, 0.2) is 29.7 Å². The molecule has 2 rings (SSSR count). The van der Waals surface area contributed by atoms with E-state index in [9.17, 15) is 0 Å². The highest BCUT2D eigenvalue weighted by Gasteiger charge is 2.13. The van der Waals surface area contributed by atoms with Crippen molar-refractivity contribution in [2.24, 2.45) is 10.9 Å². The van der Waals surface area contributed by atoms with Crippen LogP contribution in [0, 0.1) is 0 Å². The van der Waals surface area contributed by atoms with E-state index in [0.29, 0.717) is 6.42 Å². The zero-order chi connectivity index (χ0) is 13.1. The Morgan fingerprint density at radius 1 is 1.61 bits per heavy atom. The van der Waals surface area contributed by atoms with Crippen molar-refractivity contribution in [3.8, 4) is 0 Å². The average molecular weight is 248 g/mol. The predicted molar refractivity (Wildman–Crippen MR) is 68.9 cm³/mol. The quantitative estimate of drug-likeness (QED) is 0.359. The lowest BCUT2D eigenvalue weighted by molar-refractivity contribution is 0.316. The molecule has 0 bridgehead atoms. The Morgan fingerprint density at radius 2 is 2.39 bits per heavy atom. The van der Waals surface area contributed by atoms with Gasteiger partial charge in [-0.25, -0.2) is 9.50 Å². The number of nitrogens with zero attached hydrogens (tertiary/aromatic N) is 5. The van der Waals surface area contributed by atoms with Gasteiger partial charge < -0.3 is 15.8 Å². The summed E-state index contributed by atoms with van der Waals surface area (Å²) < 4.78 is 1.70. The molecule has 96 valence electrons. The lowest BCUT2D eigenvalue weighted by atomic mass is 10.2. The minimum atomic E-state index is 0.0822. The SMILES string of the molecule is CC(C/C(N)=N/O)N(C)c1ccn2nccc2n1. The first-order valence-corrected chi connectivity index (χ1v) is 5.61. The second-order valence-electron chi connectivity index (χ2n) is 4.18. The van der Waals surface area contributed by atoms with Gasteiger partial charge in [0.25, 0.3) is 0 Å². The molecule has 0 aliphatic carbocycles. The van der Waals surface area contributed by atoms with E-state index in [-0.39, 0.29) is 11.9 Å². The summed E-state index contributed by atoms with van der Waals surface area (Å²) in [6.45, 7) is 1.99. The molecule has 0 saturated carbocycles. The van der Waals surface area contributed by atoms with E-state index in [0.717, 1.165) is 11.5 Å². The normalized spacial score (nSPS) is 13.8. The Balaban J connectivity index is 2.19. The molecule has 0 aliphatic heterocycles. The Morgan fingerprint density at radius 3 is 3.11 bits per heavy atom. The maximum Gasteiger partial charge on any atom is 0.157 e. The molecule has 0 fully saturated rings. The van der Waals surface area contributed by atoms with Crippen LogP contribution in [0.2, 0.25) is 0 Å². The van der Waals surface area contributed by atoms with E-state index in [1.807, 2.05) is 37.2 Å². The monoisotopic (exact) mass is 248 g/mol. The summed E-state index contributed by atoms with van der Waals surface area (Å²) in [7, 11) is 1.92. The van der Waals surface area contributed by atoms with E-state index in [1.165, 1.54) is 0 Å². The van der Waals surface area contributed by atoms with Crippen LogP contribution >= 0.6 is 0 Å². The van der Waals surface area contributed by atoms with Gasteiger partial charge in [0, 0.05) is 31.8 Å². The minimum Gasteiger partial charge on any atom is -0.409 e. The van der Waals surface area contributed by atoms with Crippen LogP contribution in [-0.4, -0.2) is 38.7 Å². The first kappa shape index (κ1) is 12.2. The van der Waals surface area contributed by atoms with Gasteiger partial charge in [0.05, 0.1) is 6.20 Å². The molecule has 0 amide bonds. The molecular weight excluding hydrogens is 232 g/mol. The van der Waals surface area contributed by atoms with E-state index in [2.05, 4.69) is 15.2 Å². The van der Waals surface area contributed by atoms with Crippen molar-refractivity contribution in [2.75, 3.05) is 11.9 Å². The maximum atomic E-state index is 8.57. The Hall–Kier alpha value is -2.31. The van der Waals surface area contributed by atoms with Gasteiger partial charge in [-0.3, -0.25) is 0 Å². The van der Waals surface area contributed by atoms with Crippen LogP contribution in [0.25, 0.3) is 5.65 Å². The number of rotatable bonds is 4. The molecule has 18 heavy (non-hydrogen) atoms. The predicted octanol–water partition coefficient (Wildman–Crippen LogP) is 0.690. The molecular formula is C11H16N6O. The number of aromatic nitrogens is 3. The Bertz CT molecular complexity index is 563. The fraction of sp³-hybridized carbons (Fsp3) is 0.364. The average Bonchev–Trinajstić information content (AvgIpc) is 2.84. The third-order valence-corrected chi connectivity index (χ3v) is 2.90. The van der Waals surface area contributed by atoms with Crippen LogP contribution in [0.3, 0.4) is 0 Å². The molecule has 3 N–H and O–H groups in total. The van der Waals surface area contributed by atoms with Crippen molar-refractivity contribution in [1.82, 2.24) is 14.6 Å². The first-order chi connectivity index (χ1) is 8.61. The highest BCUT2D eigenvalue weighted by Crippen LogP contribution is 2.14. The van der Waals surface area contributed by atoms with Crippen LogP contribution in [-0.2, 0) is 0 Å². The second kappa shape index (κ2) is 4.91. The van der Waals surface area contributed by atoms with Crippen molar-refractivity contribution < 1.29 is 5.21 Å². The van der Waals surface area contributed by atoms with Crippen molar-refractivity contribution >= 4 is 17.3 Å². The summed E-state index contributed by atoms with van der Waals surface area (Å²) in [5, 5.41) is 15.6. The molecule has 0 saturated heterocycles. The number of oxime groups is 1. The van der Waals surface area contributed by atoms with Crippen molar-refractivity contribution in [3.63, 3.8) is 0 Å². The molecule has 7 heteroatoms. The number of hydrogen-bond acceptors (Lipinski definition) is 5. The minimum absolute atomic E-state index is 0.0822. The van der Waals surface area contributed by atoms with Crippen molar-refractivity contribution in [2.45, 2.75) is 19.4 Å². The van der Waals surface area contributed by atoms with Crippen LogP contribution in [0.1, 0.15) is 13.3 Å². The Labute approximate surface area is 105 Å². The van der Waals surface area contributed by atoms with E-state index < -0.39 is 0 Å². The van der Waals surface area contributed by atoms with Crippen molar-refractivity contribution in [1.29, 1.82) is 0 Å². The van der Waals surface area contributed by atoms with E-state index >= 15 is 0 Å². The molecule has 2 heterocycles. The number of nitrogens with two attached hydrogens (primary N) is 1. The summed E-state index contributed by atoms with van der Waals surface area (Å²) >= 11 is 0. The van der Waals surface area contributed by atoms with Gasteiger partial charge in [-0.1, -0.05) is 5.16 Å². The highest BCUT2D eigenvalue weighted by atomic mass is 16.4. The third-order valence-electron chi connectivity index (χ3n) is 2.90. The summed E-state index contributed by atoms with van der Waals surface area (Å²) in [4.78, 5) is 6.45. The van der Waals surface area contributed by atoms with Crippen LogP contribution in [0.5, 0.6) is 0 Å². The van der Waals surface area contributed by atoms with Gasteiger partial charge in [0.15, 0.2) is 5.65 Å². The lowest BCUT2D eigenvalue weighted by Crippen LogP contribution is -2.33. The zero-order valence-corrected chi connectivity index (χ0v) is 10.4. The third kappa shape index (κ3) is 2.34. The molecule has 0 aromatic carbocycles. The standard InChI is InChI=1S/C11H16N6O/c1-8(7-9(12)15-18)16(2)10-4-6-17-11(14-10)3-5-13-17/h3-6,8,18H,7H2,1-2H3,(H2,12,15). The first-order valence-electron chi connectivity index (χ1n) is 5.61. The van der Waals surface area contributed by atoms with Gasteiger partial charge in [0.1, 0.15) is 11.7 Å². The molecule has 1 unspecified atom stereocenters.